The van der Waals surface area contributed by atoms with E-state index in [1.54, 1.807) is 6.07 Å². The summed E-state index contributed by atoms with van der Waals surface area (Å²) < 4.78 is 0.805. The van der Waals surface area contributed by atoms with E-state index >= 15 is 0 Å². The van der Waals surface area contributed by atoms with E-state index in [-0.39, 0.29) is 5.91 Å². The molecule has 0 unspecified atom stereocenters. The third kappa shape index (κ3) is 2.63. The minimum Gasteiger partial charge on any atom is -0.322 e. The van der Waals surface area contributed by atoms with Gasteiger partial charge in [-0.05, 0) is 64.0 Å². The third-order valence-electron chi connectivity index (χ3n) is 3.96. The average molecular weight is 330 g/mol. The Morgan fingerprint density at radius 3 is 2.35 bits per heavy atom. The zero-order valence-electron chi connectivity index (χ0n) is 11.3. The quantitative estimate of drug-likeness (QED) is 0.864. The van der Waals surface area contributed by atoms with E-state index < -0.39 is 0 Å². The summed E-state index contributed by atoms with van der Waals surface area (Å²) in [5, 5.41) is 2.93. The Balaban J connectivity index is 1.75. The molecular formula is C17H16BrNO. The maximum atomic E-state index is 12.2. The van der Waals surface area contributed by atoms with Gasteiger partial charge >= 0.3 is 0 Å². The Morgan fingerprint density at radius 1 is 1.10 bits per heavy atom. The van der Waals surface area contributed by atoms with E-state index in [2.05, 4.69) is 40.3 Å². The number of halogens is 1. The maximum Gasteiger partial charge on any atom is 0.256 e. The lowest BCUT2D eigenvalue weighted by atomic mass is 9.98. The van der Waals surface area contributed by atoms with E-state index in [0.717, 1.165) is 10.2 Å². The van der Waals surface area contributed by atoms with Crippen molar-refractivity contribution in [1.82, 2.24) is 0 Å². The summed E-state index contributed by atoms with van der Waals surface area (Å²) in [6.45, 7) is 2.28. The van der Waals surface area contributed by atoms with Crippen LogP contribution in [-0.4, -0.2) is 5.91 Å². The van der Waals surface area contributed by atoms with Crippen LogP contribution in [0.5, 0.6) is 0 Å². The van der Waals surface area contributed by atoms with Crippen LogP contribution >= 0.6 is 15.9 Å². The first-order valence-corrected chi connectivity index (χ1v) is 7.54. The Morgan fingerprint density at radius 2 is 1.75 bits per heavy atom. The first-order valence-electron chi connectivity index (χ1n) is 6.75. The minimum atomic E-state index is -0.0946. The molecule has 0 aromatic heterocycles. The lowest BCUT2D eigenvalue weighted by Gasteiger charge is -2.11. The van der Waals surface area contributed by atoms with Crippen molar-refractivity contribution < 1.29 is 4.79 Å². The largest absolute Gasteiger partial charge is 0.322 e. The van der Waals surface area contributed by atoms with Gasteiger partial charge in [-0.1, -0.05) is 31.2 Å². The van der Waals surface area contributed by atoms with Crippen molar-refractivity contribution in [1.29, 1.82) is 0 Å². The van der Waals surface area contributed by atoms with Crippen LogP contribution in [0.4, 0.5) is 5.69 Å². The van der Waals surface area contributed by atoms with Crippen LogP contribution in [0, 0.1) is 0 Å². The molecule has 3 rings (SSSR count). The van der Waals surface area contributed by atoms with Crippen LogP contribution in [0.25, 0.3) is 0 Å². The van der Waals surface area contributed by atoms with Gasteiger partial charge in [0.25, 0.3) is 5.91 Å². The monoisotopic (exact) mass is 329 g/mol. The fourth-order valence-electron chi connectivity index (χ4n) is 2.28. The average Bonchev–Trinajstić information content (AvgIpc) is 3.19. The van der Waals surface area contributed by atoms with Crippen molar-refractivity contribution in [3.8, 4) is 0 Å². The summed E-state index contributed by atoms with van der Waals surface area (Å²) >= 11 is 3.40. The third-order valence-corrected chi connectivity index (χ3v) is 4.65. The van der Waals surface area contributed by atoms with Crippen LogP contribution in [0.1, 0.15) is 35.7 Å². The van der Waals surface area contributed by atoms with Gasteiger partial charge in [-0.25, -0.2) is 0 Å². The lowest BCUT2D eigenvalue weighted by Crippen LogP contribution is -2.12. The molecule has 0 spiro atoms. The molecule has 1 N–H and O–H groups in total. The minimum absolute atomic E-state index is 0.0946. The number of carbonyl (C=O) groups excluding carboxylic acids is 1. The number of amides is 1. The number of hydrogen-bond donors (Lipinski definition) is 1. The molecule has 1 aliphatic rings. The summed E-state index contributed by atoms with van der Waals surface area (Å²) in [4.78, 5) is 12.2. The second kappa shape index (κ2) is 5.06. The highest BCUT2D eigenvalue weighted by molar-refractivity contribution is 9.10. The molecule has 2 nitrogen and oxygen atoms in total. The number of nitrogens with one attached hydrogen (secondary N) is 1. The Labute approximate surface area is 127 Å². The molecule has 1 amide bonds. The summed E-state index contributed by atoms with van der Waals surface area (Å²) in [6.07, 6.45) is 2.52. The second-order valence-corrected chi connectivity index (χ2v) is 6.43. The molecule has 0 saturated heterocycles. The topological polar surface area (TPSA) is 29.1 Å². The Kier molecular flexibility index (Phi) is 3.38. The Hall–Kier alpha value is -1.61. The van der Waals surface area contributed by atoms with Gasteiger partial charge in [0.1, 0.15) is 0 Å². The molecule has 1 saturated carbocycles. The highest BCUT2D eigenvalue weighted by Gasteiger charge is 2.38. The first-order chi connectivity index (χ1) is 9.58. The van der Waals surface area contributed by atoms with Crippen molar-refractivity contribution in [3.63, 3.8) is 0 Å². The number of rotatable bonds is 3. The maximum absolute atomic E-state index is 12.2. The van der Waals surface area contributed by atoms with Crippen LogP contribution in [0.15, 0.2) is 53.0 Å². The molecule has 20 heavy (non-hydrogen) atoms. The van der Waals surface area contributed by atoms with Crippen LogP contribution in [-0.2, 0) is 5.41 Å². The predicted octanol–water partition coefficient (Wildman–Crippen LogP) is 4.75. The van der Waals surface area contributed by atoms with Gasteiger partial charge in [0.2, 0.25) is 0 Å². The summed E-state index contributed by atoms with van der Waals surface area (Å²) in [6, 6.07) is 15.6. The fourth-order valence-corrected chi connectivity index (χ4v) is 2.74. The van der Waals surface area contributed by atoms with E-state index in [4.69, 9.17) is 0 Å². The molecule has 1 fully saturated rings. The summed E-state index contributed by atoms with van der Waals surface area (Å²) in [7, 11) is 0. The molecular weight excluding hydrogens is 314 g/mol. The van der Waals surface area contributed by atoms with Crippen molar-refractivity contribution in [3.05, 3.63) is 64.1 Å². The van der Waals surface area contributed by atoms with Gasteiger partial charge in [-0.15, -0.1) is 0 Å². The summed E-state index contributed by atoms with van der Waals surface area (Å²) in [5.74, 6) is -0.0946. The van der Waals surface area contributed by atoms with E-state index in [0.29, 0.717) is 11.0 Å². The number of carbonyl (C=O) groups is 1. The summed E-state index contributed by atoms with van der Waals surface area (Å²) in [5.41, 5.74) is 3.20. The second-order valence-electron chi connectivity index (χ2n) is 5.57. The number of anilines is 1. The van der Waals surface area contributed by atoms with Crippen LogP contribution < -0.4 is 5.32 Å². The van der Waals surface area contributed by atoms with Gasteiger partial charge in [0, 0.05) is 10.2 Å². The standard InChI is InChI=1S/C17H16BrNO/c1-17(10-11-17)12-6-8-13(9-7-12)19-16(20)14-4-2-3-5-15(14)18/h2-9H,10-11H2,1H3,(H,19,20). The molecule has 2 aromatic carbocycles. The zero-order valence-corrected chi connectivity index (χ0v) is 12.9. The smallest absolute Gasteiger partial charge is 0.256 e. The zero-order chi connectivity index (χ0) is 14.2. The molecule has 3 heteroatoms. The van der Waals surface area contributed by atoms with Crippen molar-refractivity contribution in [2.75, 3.05) is 5.32 Å². The van der Waals surface area contributed by atoms with Gasteiger partial charge < -0.3 is 5.32 Å². The lowest BCUT2D eigenvalue weighted by molar-refractivity contribution is 0.102. The molecule has 2 aromatic rings. The molecule has 0 heterocycles. The highest BCUT2D eigenvalue weighted by Crippen LogP contribution is 2.47. The van der Waals surface area contributed by atoms with E-state index in [1.807, 2.05) is 30.3 Å². The molecule has 0 atom stereocenters. The molecule has 0 radical (unpaired) electrons. The highest BCUT2D eigenvalue weighted by atomic mass is 79.9. The fraction of sp³-hybridized carbons (Fsp3) is 0.235. The van der Waals surface area contributed by atoms with Gasteiger partial charge in [0.15, 0.2) is 0 Å². The SMILES string of the molecule is CC1(c2ccc(NC(=O)c3ccccc3Br)cc2)CC1. The molecule has 1 aliphatic carbocycles. The van der Waals surface area contributed by atoms with Crippen molar-refractivity contribution in [2.45, 2.75) is 25.2 Å². The number of hydrogen-bond acceptors (Lipinski definition) is 1. The Bertz CT molecular complexity index is 644. The van der Waals surface area contributed by atoms with Crippen molar-refractivity contribution in [2.24, 2.45) is 0 Å². The van der Waals surface area contributed by atoms with E-state index in [1.165, 1.54) is 18.4 Å². The molecule has 102 valence electrons. The van der Waals surface area contributed by atoms with Gasteiger partial charge in [0.05, 0.1) is 5.56 Å². The van der Waals surface area contributed by atoms with Crippen LogP contribution in [0.3, 0.4) is 0 Å². The van der Waals surface area contributed by atoms with Gasteiger partial charge in [-0.3, -0.25) is 4.79 Å². The van der Waals surface area contributed by atoms with Gasteiger partial charge in [-0.2, -0.15) is 0 Å². The van der Waals surface area contributed by atoms with Crippen LogP contribution in [0.2, 0.25) is 0 Å². The molecule has 0 bridgehead atoms. The first kappa shape index (κ1) is 13.4. The van der Waals surface area contributed by atoms with E-state index in [9.17, 15) is 4.79 Å². The normalized spacial score (nSPS) is 15.7. The molecule has 0 aliphatic heterocycles. The van der Waals surface area contributed by atoms with Crippen molar-refractivity contribution >= 4 is 27.5 Å². The predicted molar refractivity (Wildman–Crippen MR) is 85.1 cm³/mol. The number of benzene rings is 2.